The molecule has 4 aromatic rings. The van der Waals surface area contributed by atoms with Gasteiger partial charge in [0, 0.05) is 23.0 Å². The zero-order chi connectivity index (χ0) is 30.4. The highest BCUT2D eigenvalue weighted by molar-refractivity contribution is 6.16. The van der Waals surface area contributed by atoms with Crippen molar-refractivity contribution >= 4 is 29.2 Å². The number of carbonyl (C=O) groups is 3. The Bertz CT molecular complexity index is 1890. The molecule has 3 aliphatic rings. The third-order valence-corrected chi connectivity index (χ3v) is 8.92. The molecule has 0 aliphatic carbocycles. The van der Waals surface area contributed by atoms with E-state index in [-0.39, 0.29) is 24.1 Å². The lowest BCUT2D eigenvalue weighted by atomic mass is 9.62. The van der Waals surface area contributed by atoms with Crippen molar-refractivity contribution in [2.24, 2.45) is 5.92 Å². The number of nitrogens with zero attached hydrogens (tertiary/aromatic N) is 2. The minimum absolute atomic E-state index is 0.129. The molecule has 1 saturated heterocycles. The van der Waals surface area contributed by atoms with Gasteiger partial charge in [-0.15, -0.1) is 0 Å². The molecule has 1 amide bonds. The summed E-state index contributed by atoms with van der Waals surface area (Å²) in [6.07, 6.45) is 3.77. The van der Waals surface area contributed by atoms with Gasteiger partial charge in [0.15, 0.2) is 18.2 Å². The number of hydrogen-bond acceptors (Lipinski definition) is 7. The number of amides is 1. The molecule has 0 unspecified atom stereocenters. The molecule has 0 bridgehead atoms. The Morgan fingerprint density at radius 1 is 0.909 bits per heavy atom. The van der Waals surface area contributed by atoms with Crippen LogP contribution in [0.25, 0.3) is 6.08 Å². The second kappa shape index (κ2) is 10.5. The quantitative estimate of drug-likeness (QED) is 0.284. The Kier molecular flexibility index (Phi) is 6.51. The predicted molar refractivity (Wildman–Crippen MR) is 163 cm³/mol. The van der Waals surface area contributed by atoms with Gasteiger partial charge in [0.2, 0.25) is 5.91 Å². The Morgan fingerprint density at radius 2 is 1.68 bits per heavy atom. The number of anilines is 1. The molecular weight excluding hydrogens is 554 g/mol. The summed E-state index contributed by atoms with van der Waals surface area (Å²) in [6, 6.07) is 28.8. The molecule has 7 rings (SSSR count). The first-order chi connectivity index (χ1) is 21.5. The molecule has 3 heterocycles. The standard InChI is InChI=1S/C36H27N3O5/c1-43-26-9-6-8-24(21-26)33(41)31-30(32(40)23-13-15-25(16-14-23)44-20-18-37)36(28-11-4-5-12-29(28)38-35(36)42)34-27-10-3-2-7-22(27)17-19-39(31)34/h2-17,19,21,30-31,34H,20H2,1H3,(H,38,42)/t30-,31+,34+,36-/m0/s1. The van der Waals surface area contributed by atoms with Crippen molar-refractivity contribution in [3.05, 3.63) is 131 Å². The summed E-state index contributed by atoms with van der Waals surface area (Å²) in [5, 5.41) is 12.0. The number of methoxy groups -OCH3 is 1. The van der Waals surface area contributed by atoms with Crippen LogP contribution in [0.15, 0.2) is 103 Å². The van der Waals surface area contributed by atoms with Crippen molar-refractivity contribution in [1.29, 1.82) is 5.26 Å². The lowest BCUT2D eigenvalue weighted by molar-refractivity contribution is -0.122. The van der Waals surface area contributed by atoms with Crippen LogP contribution >= 0.6 is 0 Å². The number of para-hydroxylation sites is 1. The van der Waals surface area contributed by atoms with Crippen molar-refractivity contribution in [3.8, 4) is 17.6 Å². The van der Waals surface area contributed by atoms with Gasteiger partial charge in [-0.05, 0) is 65.2 Å². The number of nitrogens with one attached hydrogen (secondary N) is 1. The molecule has 8 nitrogen and oxygen atoms in total. The third kappa shape index (κ3) is 3.93. The fourth-order valence-corrected chi connectivity index (χ4v) is 7.13. The van der Waals surface area contributed by atoms with Crippen LogP contribution in [0.5, 0.6) is 11.5 Å². The van der Waals surface area contributed by atoms with Crippen molar-refractivity contribution in [2.75, 3.05) is 19.0 Å². The normalized spacial score (nSPS) is 22.4. The second-order valence-electron chi connectivity index (χ2n) is 11.0. The number of ether oxygens (including phenoxy) is 2. The van der Waals surface area contributed by atoms with Gasteiger partial charge in [-0.25, -0.2) is 0 Å². The van der Waals surface area contributed by atoms with Crippen LogP contribution in [0.3, 0.4) is 0 Å². The van der Waals surface area contributed by atoms with Gasteiger partial charge in [0.05, 0.1) is 19.1 Å². The maximum absolute atomic E-state index is 14.9. The summed E-state index contributed by atoms with van der Waals surface area (Å²) in [4.78, 5) is 46.1. The summed E-state index contributed by atoms with van der Waals surface area (Å²) in [5.41, 5.74) is 2.36. The van der Waals surface area contributed by atoms with Gasteiger partial charge in [0.25, 0.3) is 0 Å². The lowest BCUT2D eigenvalue weighted by Crippen LogP contribution is -2.49. The Morgan fingerprint density at radius 3 is 2.48 bits per heavy atom. The van der Waals surface area contributed by atoms with E-state index in [1.54, 1.807) is 48.5 Å². The van der Waals surface area contributed by atoms with Crippen molar-refractivity contribution < 1.29 is 23.9 Å². The average Bonchev–Trinajstić information content (AvgIpc) is 3.55. The molecular formula is C36H27N3O5. The van der Waals surface area contributed by atoms with Crippen molar-refractivity contribution in [1.82, 2.24) is 4.90 Å². The van der Waals surface area contributed by atoms with Gasteiger partial charge in [-0.3, -0.25) is 14.4 Å². The minimum atomic E-state index is -1.43. The lowest BCUT2D eigenvalue weighted by Gasteiger charge is -2.38. The number of carbonyl (C=O) groups excluding carboxylic acids is 3. The molecule has 4 aromatic carbocycles. The van der Waals surface area contributed by atoms with E-state index >= 15 is 0 Å². The molecule has 4 atom stereocenters. The first-order valence-electron chi connectivity index (χ1n) is 14.3. The fourth-order valence-electron chi connectivity index (χ4n) is 7.13. The van der Waals surface area contributed by atoms with Crippen molar-refractivity contribution in [3.63, 3.8) is 0 Å². The third-order valence-electron chi connectivity index (χ3n) is 8.92. The number of benzene rings is 4. The van der Waals surface area contributed by atoms with Crippen LogP contribution in [0.4, 0.5) is 5.69 Å². The highest BCUT2D eigenvalue weighted by atomic mass is 16.5. The molecule has 8 heteroatoms. The monoisotopic (exact) mass is 581 g/mol. The molecule has 44 heavy (non-hydrogen) atoms. The molecule has 0 radical (unpaired) electrons. The van der Waals surface area contributed by atoms with E-state index in [4.69, 9.17) is 14.7 Å². The van der Waals surface area contributed by atoms with Crippen LogP contribution in [-0.2, 0) is 10.2 Å². The smallest absolute Gasteiger partial charge is 0.238 e. The Hall–Kier alpha value is -5.68. The van der Waals surface area contributed by atoms with Crippen LogP contribution in [0.2, 0.25) is 0 Å². The van der Waals surface area contributed by atoms with E-state index < -0.39 is 23.4 Å². The second-order valence-corrected chi connectivity index (χ2v) is 11.0. The Labute approximate surface area is 254 Å². The predicted octanol–water partition coefficient (Wildman–Crippen LogP) is 5.58. The summed E-state index contributed by atoms with van der Waals surface area (Å²) >= 11 is 0. The maximum atomic E-state index is 14.9. The van der Waals surface area contributed by atoms with E-state index in [9.17, 15) is 14.4 Å². The number of nitriles is 1. The van der Waals surface area contributed by atoms with E-state index in [1.807, 2.05) is 71.8 Å². The van der Waals surface area contributed by atoms with Gasteiger partial charge >= 0.3 is 0 Å². The topological polar surface area (TPSA) is 109 Å². The number of ketones is 2. The van der Waals surface area contributed by atoms with Gasteiger partial charge in [-0.2, -0.15) is 5.26 Å². The largest absolute Gasteiger partial charge is 0.497 e. The van der Waals surface area contributed by atoms with Gasteiger partial charge in [0.1, 0.15) is 29.0 Å². The molecule has 0 aromatic heterocycles. The van der Waals surface area contributed by atoms with Crippen molar-refractivity contribution in [2.45, 2.75) is 17.5 Å². The summed E-state index contributed by atoms with van der Waals surface area (Å²) in [7, 11) is 1.53. The van der Waals surface area contributed by atoms with Crippen LogP contribution < -0.4 is 14.8 Å². The SMILES string of the molecule is COc1cccc(C(=O)[C@H]2[C@@H](C(=O)c3ccc(OCC#N)cc3)[C@]3(C(=O)Nc4ccccc43)[C@H]3c4ccccc4C=CN23)c1. The van der Waals surface area contributed by atoms with Crippen LogP contribution in [0.1, 0.15) is 43.4 Å². The fraction of sp³-hybridized carbons (Fsp3) is 0.167. The highest BCUT2D eigenvalue weighted by Crippen LogP contribution is 2.62. The van der Waals surface area contributed by atoms with Gasteiger partial charge < -0.3 is 19.7 Å². The minimum Gasteiger partial charge on any atom is -0.497 e. The van der Waals surface area contributed by atoms with E-state index in [0.29, 0.717) is 33.9 Å². The molecule has 1 spiro atoms. The first kappa shape index (κ1) is 27.2. The van der Waals surface area contributed by atoms with E-state index in [2.05, 4.69) is 5.32 Å². The molecule has 1 fully saturated rings. The van der Waals surface area contributed by atoms with Crippen LogP contribution in [0, 0.1) is 17.2 Å². The first-order valence-corrected chi connectivity index (χ1v) is 14.3. The number of Topliss-reactive ketones (excluding diaryl/α,β-unsaturated/α-hetero) is 2. The highest BCUT2D eigenvalue weighted by Gasteiger charge is 2.70. The zero-order valence-corrected chi connectivity index (χ0v) is 23.8. The molecule has 216 valence electrons. The number of rotatable bonds is 7. The summed E-state index contributed by atoms with van der Waals surface area (Å²) in [5.74, 6) is -1.11. The maximum Gasteiger partial charge on any atom is 0.238 e. The van der Waals surface area contributed by atoms with Crippen LogP contribution in [-0.4, -0.2) is 42.1 Å². The molecule has 3 aliphatic heterocycles. The zero-order valence-electron chi connectivity index (χ0n) is 23.8. The summed E-state index contributed by atoms with van der Waals surface area (Å²) < 4.78 is 10.8. The van der Waals surface area contributed by atoms with Gasteiger partial charge in [-0.1, -0.05) is 54.6 Å². The number of fused-ring (bicyclic) bond motifs is 6. The Balaban J connectivity index is 1.48. The van der Waals surface area contributed by atoms with E-state index in [0.717, 1.165) is 11.1 Å². The van der Waals surface area contributed by atoms with E-state index in [1.165, 1.54) is 7.11 Å². The molecule has 1 N–H and O–H groups in total. The number of hydrogen-bond donors (Lipinski definition) is 1. The molecule has 0 saturated carbocycles. The average molecular weight is 582 g/mol. The summed E-state index contributed by atoms with van der Waals surface area (Å²) in [6.45, 7) is -0.129.